The van der Waals surface area contributed by atoms with Crippen molar-refractivity contribution in [3.63, 3.8) is 0 Å². The summed E-state index contributed by atoms with van der Waals surface area (Å²) in [4.78, 5) is 4.01. The van der Waals surface area contributed by atoms with Gasteiger partial charge in [-0.2, -0.15) is 0 Å². The lowest BCUT2D eigenvalue weighted by Gasteiger charge is -2.07. The molecule has 4 nitrogen and oxygen atoms in total. The number of halogens is 1. The van der Waals surface area contributed by atoms with Crippen LogP contribution in [0, 0.1) is 12.3 Å². The predicted molar refractivity (Wildman–Crippen MR) is 71.5 cm³/mol. The normalized spacial score (nSPS) is 10.1. The number of nitrogens with two attached hydrogens (primary N) is 1. The summed E-state index contributed by atoms with van der Waals surface area (Å²) in [6, 6.07) is 8.77. The molecule has 0 saturated heterocycles. The molecule has 1 heterocycles. The van der Waals surface area contributed by atoms with Crippen molar-refractivity contribution >= 4 is 17.4 Å². The highest BCUT2D eigenvalue weighted by molar-refractivity contribution is 6.31. The molecule has 0 unspecified atom stereocenters. The first-order chi connectivity index (χ1) is 8.56. The molecule has 92 valence electrons. The van der Waals surface area contributed by atoms with Crippen LogP contribution in [-0.2, 0) is 0 Å². The van der Waals surface area contributed by atoms with E-state index < -0.39 is 0 Å². The summed E-state index contributed by atoms with van der Waals surface area (Å²) in [5.41, 5.74) is 6.69. The molecule has 0 saturated carbocycles. The molecular weight excluding hydrogens is 250 g/mol. The van der Waals surface area contributed by atoms with E-state index >= 15 is 0 Å². The summed E-state index contributed by atoms with van der Waals surface area (Å²) in [6.45, 7) is 1.91. The molecule has 2 aromatic rings. The fourth-order valence-electron chi connectivity index (χ4n) is 1.42. The first-order valence-electron chi connectivity index (χ1n) is 5.31. The van der Waals surface area contributed by atoms with Gasteiger partial charge in [0.1, 0.15) is 23.0 Å². The molecule has 1 aromatic carbocycles. The Balaban J connectivity index is 2.18. The Morgan fingerprint density at radius 2 is 2.00 bits per heavy atom. The zero-order valence-electron chi connectivity index (χ0n) is 9.77. The van der Waals surface area contributed by atoms with Crippen molar-refractivity contribution in [2.75, 3.05) is 0 Å². The van der Waals surface area contributed by atoms with Gasteiger partial charge in [-0.05, 0) is 42.8 Å². The molecule has 3 N–H and O–H groups in total. The number of amidine groups is 1. The van der Waals surface area contributed by atoms with Crippen molar-refractivity contribution in [2.24, 2.45) is 5.73 Å². The summed E-state index contributed by atoms with van der Waals surface area (Å²) >= 11 is 5.93. The number of benzene rings is 1. The molecule has 0 aliphatic heterocycles. The number of nitrogens with zero attached hydrogens (tertiary/aromatic N) is 1. The van der Waals surface area contributed by atoms with Crippen LogP contribution < -0.4 is 10.5 Å². The lowest BCUT2D eigenvalue weighted by molar-refractivity contribution is 0.480. The minimum atomic E-state index is -0.0658. The topological polar surface area (TPSA) is 72.0 Å². The number of aromatic nitrogens is 1. The van der Waals surface area contributed by atoms with Gasteiger partial charge >= 0.3 is 0 Å². The van der Waals surface area contributed by atoms with Crippen LogP contribution in [0.2, 0.25) is 5.02 Å². The van der Waals surface area contributed by atoms with Crippen molar-refractivity contribution in [3.05, 3.63) is 52.8 Å². The van der Waals surface area contributed by atoms with Crippen LogP contribution >= 0.6 is 11.6 Å². The zero-order valence-corrected chi connectivity index (χ0v) is 10.5. The molecule has 0 atom stereocenters. The van der Waals surface area contributed by atoms with E-state index in [0.717, 1.165) is 5.56 Å². The summed E-state index contributed by atoms with van der Waals surface area (Å²) in [5.74, 6) is 1.21. The molecule has 1 aromatic heterocycles. The zero-order chi connectivity index (χ0) is 13.1. The van der Waals surface area contributed by atoms with E-state index in [1.807, 2.05) is 13.0 Å². The number of rotatable bonds is 3. The van der Waals surface area contributed by atoms with Crippen molar-refractivity contribution in [1.82, 2.24) is 4.98 Å². The van der Waals surface area contributed by atoms with E-state index in [-0.39, 0.29) is 5.84 Å². The van der Waals surface area contributed by atoms with Gasteiger partial charge in [-0.25, -0.2) is 4.98 Å². The predicted octanol–water partition coefficient (Wildman–Crippen LogP) is 3.12. The van der Waals surface area contributed by atoms with E-state index in [9.17, 15) is 0 Å². The van der Waals surface area contributed by atoms with Gasteiger partial charge < -0.3 is 10.5 Å². The monoisotopic (exact) mass is 261 g/mol. The summed E-state index contributed by atoms with van der Waals surface area (Å²) in [7, 11) is 0. The molecule has 0 amide bonds. The highest BCUT2D eigenvalue weighted by Gasteiger charge is 2.02. The highest BCUT2D eigenvalue weighted by atomic mass is 35.5. The van der Waals surface area contributed by atoms with E-state index in [1.165, 1.54) is 6.20 Å². The third-order valence-corrected chi connectivity index (χ3v) is 2.80. The standard InChI is InChI=1S/C13H12ClN3O/c1-8-6-9(2-4-11(8)14)18-10-3-5-12(13(15)16)17-7-10/h2-7H,1H3,(H3,15,16). The highest BCUT2D eigenvalue weighted by Crippen LogP contribution is 2.25. The Morgan fingerprint density at radius 3 is 2.56 bits per heavy atom. The number of aryl methyl sites for hydroxylation is 1. The first kappa shape index (κ1) is 12.4. The van der Waals surface area contributed by atoms with Crippen LogP contribution in [-0.4, -0.2) is 10.8 Å². The fourth-order valence-corrected chi connectivity index (χ4v) is 1.53. The molecule has 0 bridgehead atoms. The van der Waals surface area contributed by atoms with E-state index in [0.29, 0.717) is 22.2 Å². The molecule has 0 aliphatic rings. The molecular formula is C13H12ClN3O. The molecule has 0 aliphatic carbocycles. The van der Waals surface area contributed by atoms with Crippen molar-refractivity contribution < 1.29 is 4.74 Å². The van der Waals surface area contributed by atoms with Crippen LogP contribution in [0.15, 0.2) is 36.5 Å². The van der Waals surface area contributed by atoms with Gasteiger partial charge in [0.15, 0.2) is 0 Å². The maximum Gasteiger partial charge on any atom is 0.145 e. The van der Waals surface area contributed by atoms with Gasteiger partial charge in [0.25, 0.3) is 0 Å². The second kappa shape index (κ2) is 5.06. The minimum absolute atomic E-state index is 0.0658. The Morgan fingerprint density at radius 1 is 1.28 bits per heavy atom. The lowest BCUT2D eigenvalue weighted by Crippen LogP contribution is -2.12. The van der Waals surface area contributed by atoms with Crippen molar-refractivity contribution in [3.8, 4) is 11.5 Å². The lowest BCUT2D eigenvalue weighted by atomic mass is 10.2. The number of hydrogen-bond acceptors (Lipinski definition) is 3. The number of nitrogen functional groups attached to an aromatic ring is 1. The second-order valence-electron chi connectivity index (χ2n) is 3.81. The number of ether oxygens (including phenoxy) is 1. The molecule has 5 heteroatoms. The average molecular weight is 262 g/mol. The molecule has 0 fully saturated rings. The first-order valence-corrected chi connectivity index (χ1v) is 5.68. The minimum Gasteiger partial charge on any atom is -0.456 e. The van der Waals surface area contributed by atoms with E-state index in [1.54, 1.807) is 24.3 Å². The maximum absolute atomic E-state index is 7.24. The quantitative estimate of drug-likeness (QED) is 0.659. The third-order valence-electron chi connectivity index (χ3n) is 2.38. The van der Waals surface area contributed by atoms with Crippen LogP contribution in [0.4, 0.5) is 0 Å². The summed E-state index contributed by atoms with van der Waals surface area (Å²) in [6.07, 6.45) is 1.53. The van der Waals surface area contributed by atoms with Gasteiger partial charge in [0.05, 0.1) is 6.20 Å². The van der Waals surface area contributed by atoms with E-state index in [2.05, 4.69) is 4.98 Å². The smallest absolute Gasteiger partial charge is 0.145 e. The van der Waals surface area contributed by atoms with Crippen LogP contribution in [0.1, 0.15) is 11.3 Å². The van der Waals surface area contributed by atoms with Crippen LogP contribution in [0.5, 0.6) is 11.5 Å². The maximum atomic E-state index is 7.24. The van der Waals surface area contributed by atoms with Gasteiger partial charge in [0.2, 0.25) is 0 Å². The largest absolute Gasteiger partial charge is 0.456 e. The number of pyridine rings is 1. The molecule has 0 spiro atoms. The average Bonchev–Trinajstić information content (AvgIpc) is 2.34. The van der Waals surface area contributed by atoms with Crippen LogP contribution in [0.25, 0.3) is 0 Å². The molecule has 2 rings (SSSR count). The number of hydrogen-bond donors (Lipinski definition) is 2. The fraction of sp³-hybridized carbons (Fsp3) is 0.0769. The van der Waals surface area contributed by atoms with Gasteiger partial charge in [-0.15, -0.1) is 0 Å². The summed E-state index contributed by atoms with van der Waals surface area (Å²) in [5, 5.41) is 7.94. The van der Waals surface area contributed by atoms with Gasteiger partial charge in [-0.3, -0.25) is 5.41 Å². The Bertz CT molecular complexity index is 581. The van der Waals surface area contributed by atoms with Crippen molar-refractivity contribution in [1.29, 1.82) is 5.41 Å². The van der Waals surface area contributed by atoms with Crippen LogP contribution in [0.3, 0.4) is 0 Å². The SMILES string of the molecule is Cc1cc(Oc2ccc(C(=N)N)nc2)ccc1Cl. The Labute approximate surface area is 110 Å². The Hall–Kier alpha value is -2.07. The molecule has 0 radical (unpaired) electrons. The van der Waals surface area contributed by atoms with Crippen molar-refractivity contribution in [2.45, 2.75) is 6.92 Å². The third kappa shape index (κ3) is 2.78. The van der Waals surface area contributed by atoms with E-state index in [4.69, 9.17) is 27.5 Å². The second-order valence-corrected chi connectivity index (χ2v) is 4.21. The molecule has 18 heavy (non-hydrogen) atoms. The number of nitrogens with one attached hydrogen (secondary N) is 1. The Kier molecular flexibility index (Phi) is 3.48. The van der Waals surface area contributed by atoms with Gasteiger partial charge in [-0.1, -0.05) is 11.6 Å². The van der Waals surface area contributed by atoms with Gasteiger partial charge in [0, 0.05) is 5.02 Å². The summed E-state index contributed by atoms with van der Waals surface area (Å²) < 4.78 is 5.62.